The maximum absolute atomic E-state index is 8.88. The quantitative estimate of drug-likeness (QED) is 0.879. The highest BCUT2D eigenvalue weighted by Crippen LogP contribution is 2.17. The van der Waals surface area contributed by atoms with Crippen LogP contribution in [0.2, 0.25) is 0 Å². The molecule has 2 aromatic rings. The van der Waals surface area contributed by atoms with E-state index in [0.29, 0.717) is 17.9 Å². The lowest BCUT2D eigenvalue weighted by Gasteiger charge is -2.04. The van der Waals surface area contributed by atoms with Gasteiger partial charge in [-0.05, 0) is 30.0 Å². The van der Waals surface area contributed by atoms with Crippen LogP contribution in [0, 0.1) is 18.3 Å². The van der Waals surface area contributed by atoms with Crippen molar-refractivity contribution in [3.8, 4) is 6.07 Å². The summed E-state index contributed by atoms with van der Waals surface area (Å²) in [6, 6.07) is 5.80. The number of aromatic nitrogens is 2. The first-order valence-corrected chi connectivity index (χ1v) is 5.68. The number of hydrogen-bond acceptors (Lipinski definition) is 5. The molecule has 0 amide bonds. The summed E-state index contributed by atoms with van der Waals surface area (Å²) in [4.78, 5) is 1.24. The van der Waals surface area contributed by atoms with Crippen molar-refractivity contribution < 1.29 is 0 Å². The van der Waals surface area contributed by atoms with Crippen molar-refractivity contribution in [2.24, 2.45) is 0 Å². The summed E-state index contributed by atoms with van der Waals surface area (Å²) < 4.78 is 0. The highest BCUT2D eigenvalue weighted by atomic mass is 32.1. The van der Waals surface area contributed by atoms with Crippen LogP contribution in [0.5, 0.6) is 0 Å². The second kappa shape index (κ2) is 4.73. The fraction of sp³-hybridized carbons (Fsp3) is 0.182. The van der Waals surface area contributed by atoms with Crippen molar-refractivity contribution in [2.45, 2.75) is 13.5 Å². The highest BCUT2D eigenvalue weighted by Gasteiger charge is 2.04. The third-order valence-electron chi connectivity index (χ3n) is 2.23. The van der Waals surface area contributed by atoms with Crippen LogP contribution in [0.4, 0.5) is 5.82 Å². The molecule has 0 atom stereocenters. The summed E-state index contributed by atoms with van der Waals surface area (Å²) in [5, 5.41) is 21.7. The molecule has 4 nitrogen and oxygen atoms in total. The lowest BCUT2D eigenvalue weighted by Crippen LogP contribution is -2.03. The van der Waals surface area contributed by atoms with Crippen molar-refractivity contribution in [1.82, 2.24) is 10.2 Å². The van der Waals surface area contributed by atoms with E-state index in [1.54, 1.807) is 17.4 Å². The zero-order valence-corrected chi connectivity index (χ0v) is 9.58. The van der Waals surface area contributed by atoms with Crippen molar-refractivity contribution in [3.63, 3.8) is 0 Å². The molecule has 0 saturated heterocycles. The first-order chi connectivity index (χ1) is 7.81. The number of nitriles is 1. The molecular weight excluding hydrogens is 220 g/mol. The van der Waals surface area contributed by atoms with Gasteiger partial charge in [0.25, 0.3) is 0 Å². The molecule has 5 heteroatoms. The van der Waals surface area contributed by atoms with Gasteiger partial charge in [0.05, 0.1) is 18.3 Å². The van der Waals surface area contributed by atoms with Crippen LogP contribution in [0.25, 0.3) is 0 Å². The van der Waals surface area contributed by atoms with E-state index in [1.165, 1.54) is 16.6 Å². The Labute approximate surface area is 97.6 Å². The van der Waals surface area contributed by atoms with Gasteiger partial charge in [-0.15, -0.1) is 16.4 Å². The number of nitrogens with one attached hydrogen (secondary N) is 1. The molecule has 1 N–H and O–H groups in total. The topological polar surface area (TPSA) is 61.6 Å². The van der Waals surface area contributed by atoms with Crippen LogP contribution >= 0.6 is 11.3 Å². The van der Waals surface area contributed by atoms with Crippen LogP contribution in [0.1, 0.15) is 16.0 Å². The summed E-state index contributed by atoms with van der Waals surface area (Å²) in [5.41, 5.74) is 1.77. The molecule has 0 aliphatic carbocycles. The van der Waals surface area contributed by atoms with E-state index in [9.17, 15) is 0 Å². The van der Waals surface area contributed by atoms with Gasteiger partial charge >= 0.3 is 0 Å². The molecule has 0 saturated carbocycles. The predicted octanol–water partition coefficient (Wildman–Crippen LogP) is 2.33. The molecule has 0 aliphatic heterocycles. The van der Waals surface area contributed by atoms with Crippen LogP contribution in [-0.4, -0.2) is 10.2 Å². The molecule has 0 unspecified atom stereocenters. The summed E-state index contributed by atoms with van der Waals surface area (Å²) in [6.07, 6.45) is 1.51. The van der Waals surface area contributed by atoms with Gasteiger partial charge in [-0.1, -0.05) is 0 Å². The lowest BCUT2D eigenvalue weighted by molar-refractivity contribution is 0.997. The van der Waals surface area contributed by atoms with Crippen LogP contribution in [0.3, 0.4) is 0 Å². The van der Waals surface area contributed by atoms with Crippen molar-refractivity contribution in [2.75, 3.05) is 5.32 Å². The molecule has 0 aromatic carbocycles. The fourth-order valence-corrected chi connectivity index (χ4v) is 2.15. The molecule has 80 valence electrons. The Hall–Kier alpha value is -1.93. The number of hydrogen-bond donors (Lipinski definition) is 1. The molecular formula is C11H10N4S. The summed E-state index contributed by atoms with van der Waals surface area (Å²) in [7, 11) is 0. The molecule has 16 heavy (non-hydrogen) atoms. The van der Waals surface area contributed by atoms with Gasteiger partial charge in [0, 0.05) is 4.88 Å². The van der Waals surface area contributed by atoms with Gasteiger partial charge in [-0.3, -0.25) is 0 Å². The first kappa shape index (κ1) is 10.6. The minimum atomic E-state index is 0.518. The van der Waals surface area contributed by atoms with E-state index in [0.717, 1.165) is 0 Å². The van der Waals surface area contributed by atoms with Crippen molar-refractivity contribution in [3.05, 3.63) is 39.7 Å². The van der Waals surface area contributed by atoms with Crippen LogP contribution in [-0.2, 0) is 6.54 Å². The lowest BCUT2D eigenvalue weighted by atomic mass is 10.3. The number of nitrogens with zero attached hydrogens (tertiary/aromatic N) is 3. The van der Waals surface area contributed by atoms with Crippen LogP contribution < -0.4 is 5.32 Å². The normalized spacial score (nSPS) is 9.75. The average Bonchev–Trinajstić information content (AvgIpc) is 2.72. The second-order valence-electron chi connectivity index (χ2n) is 3.29. The van der Waals surface area contributed by atoms with Gasteiger partial charge in [-0.2, -0.15) is 10.4 Å². The van der Waals surface area contributed by atoms with Gasteiger partial charge < -0.3 is 5.32 Å². The van der Waals surface area contributed by atoms with E-state index < -0.39 is 0 Å². The van der Waals surface area contributed by atoms with Gasteiger partial charge in [0.2, 0.25) is 0 Å². The highest BCUT2D eigenvalue weighted by molar-refractivity contribution is 7.10. The van der Waals surface area contributed by atoms with Gasteiger partial charge in [-0.25, -0.2) is 0 Å². The second-order valence-corrected chi connectivity index (χ2v) is 4.29. The number of rotatable bonds is 3. The third-order valence-corrected chi connectivity index (χ3v) is 3.25. The van der Waals surface area contributed by atoms with Crippen LogP contribution in [0.15, 0.2) is 23.7 Å². The van der Waals surface area contributed by atoms with E-state index in [4.69, 9.17) is 5.26 Å². The Morgan fingerprint density at radius 3 is 3.06 bits per heavy atom. The smallest absolute Gasteiger partial charge is 0.166 e. The van der Waals surface area contributed by atoms with Gasteiger partial charge in [0.1, 0.15) is 6.07 Å². The molecule has 0 fully saturated rings. The average molecular weight is 230 g/mol. The van der Waals surface area contributed by atoms with E-state index in [1.807, 2.05) is 5.38 Å². The molecule has 2 rings (SSSR count). The number of thiophene rings is 1. The Balaban J connectivity index is 2.11. The molecule has 2 aromatic heterocycles. The molecule has 0 bridgehead atoms. The Morgan fingerprint density at radius 1 is 1.50 bits per heavy atom. The summed E-state index contributed by atoms with van der Waals surface area (Å²) in [5.74, 6) is 0.540. The Morgan fingerprint density at radius 2 is 2.38 bits per heavy atom. The maximum atomic E-state index is 8.88. The fourth-order valence-electron chi connectivity index (χ4n) is 1.30. The molecule has 0 aliphatic rings. The minimum Gasteiger partial charge on any atom is -0.363 e. The van der Waals surface area contributed by atoms with E-state index >= 15 is 0 Å². The Kier molecular flexibility index (Phi) is 3.13. The van der Waals surface area contributed by atoms with Crippen molar-refractivity contribution in [1.29, 1.82) is 5.26 Å². The first-order valence-electron chi connectivity index (χ1n) is 4.80. The van der Waals surface area contributed by atoms with E-state index in [2.05, 4.69) is 34.6 Å². The SMILES string of the molecule is Cc1ccsc1CNc1nnccc1C#N. The van der Waals surface area contributed by atoms with Crippen molar-refractivity contribution >= 4 is 17.2 Å². The maximum Gasteiger partial charge on any atom is 0.166 e. The zero-order valence-electron chi connectivity index (χ0n) is 8.77. The number of anilines is 1. The summed E-state index contributed by atoms with van der Waals surface area (Å²) in [6.45, 7) is 2.74. The third kappa shape index (κ3) is 2.18. The molecule has 0 radical (unpaired) electrons. The Bertz CT molecular complexity index is 527. The van der Waals surface area contributed by atoms with E-state index in [-0.39, 0.29) is 0 Å². The molecule has 2 heterocycles. The predicted molar refractivity (Wildman–Crippen MR) is 63.1 cm³/mol. The zero-order chi connectivity index (χ0) is 11.4. The summed E-state index contributed by atoms with van der Waals surface area (Å²) >= 11 is 1.69. The monoisotopic (exact) mass is 230 g/mol. The molecule has 0 spiro atoms. The largest absolute Gasteiger partial charge is 0.363 e. The number of aryl methyl sites for hydroxylation is 1. The van der Waals surface area contributed by atoms with Gasteiger partial charge in [0.15, 0.2) is 5.82 Å². The standard InChI is InChI=1S/C11H10N4S/c1-8-3-5-16-10(8)7-13-11-9(6-12)2-4-14-15-11/h2-5H,7H2,1H3,(H,13,15). The minimum absolute atomic E-state index is 0.518.